The van der Waals surface area contributed by atoms with Crippen molar-refractivity contribution in [3.63, 3.8) is 0 Å². The fourth-order valence-electron chi connectivity index (χ4n) is 4.58. The van der Waals surface area contributed by atoms with Crippen LogP contribution < -0.4 is 15.5 Å². The number of nitrogens with one attached hydrogen (secondary N) is 2. The van der Waals surface area contributed by atoms with Crippen molar-refractivity contribution >= 4 is 34.5 Å². The van der Waals surface area contributed by atoms with Crippen molar-refractivity contribution in [3.05, 3.63) is 35.3 Å². The van der Waals surface area contributed by atoms with Gasteiger partial charge in [-0.05, 0) is 32.8 Å². The van der Waals surface area contributed by atoms with Crippen LogP contribution in [0.1, 0.15) is 38.6 Å². The number of hydrogen-bond donors (Lipinski definition) is 2. The number of amides is 1. The molecule has 1 amide bonds. The number of rotatable bonds is 6. The van der Waals surface area contributed by atoms with Gasteiger partial charge < -0.3 is 24.8 Å². The second kappa shape index (κ2) is 8.93. The van der Waals surface area contributed by atoms with Crippen LogP contribution >= 0.6 is 0 Å². The molecule has 34 heavy (non-hydrogen) atoms. The summed E-state index contributed by atoms with van der Waals surface area (Å²) in [4.78, 5) is 42.5. The highest BCUT2D eigenvalue weighted by molar-refractivity contribution is 5.79. The van der Waals surface area contributed by atoms with Gasteiger partial charge in [0.1, 0.15) is 36.1 Å². The zero-order chi connectivity index (χ0) is 23.7. The number of morpholine rings is 1. The number of carbonyl (C=O) groups is 1. The minimum atomic E-state index is -0.294. The molecule has 12 nitrogen and oxygen atoms in total. The Morgan fingerprint density at radius 1 is 1.24 bits per heavy atom. The molecule has 3 aromatic heterocycles. The summed E-state index contributed by atoms with van der Waals surface area (Å²) in [5.74, 6) is 2.44. The van der Waals surface area contributed by atoms with Gasteiger partial charge in [-0.1, -0.05) is 5.18 Å². The maximum absolute atomic E-state index is 11.4. The summed E-state index contributed by atoms with van der Waals surface area (Å²) in [6, 6.07) is 3.81. The Balaban J connectivity index is 1.32. The van der Waals surface area contributed by atoms with E-state index in [-0.39, 0.29) is 30.7 Å². The van der Waals surface area contributed by atoms with Crippen LogP contribution in [-0.2, 0) is 16.1 Å². The van der Waals surface area contributed by atoms with Gasteiger partial charge in [0.2, 0.25) is 11.9 Å². The Hall–Kier alpha value is -3.67. The Morgan fingerprint density at radius 3 is 2.76 bits per heavy atom. The van der Waals surface area contributed by atoms with Crippen LogP contribution in [0.25, 0.3) is 11.0 Å². The van der Waals surface area contributed by atoms with E-state index in [2.05, 4.69) is 40.6 Å². The Labute approximate surface area is 196 Å². The third-order valence-corrected chi connectivity index (χ3v) is 6.34. The maximum Gasteiger partial charge on any atom is 0.246 e. The molecule has 178 valence electrons. The molecule has 12 heteroatoms. The molecule has 2 aliphatic heterocycles. The predicted molar refractivity (Wildman–Crippen MR) is 126 cm³/mol. The number of nitroso groups, excluding NO2 is 1. The molecular weight excluding hydrogens is 438 g/mol. The van der Waals surface area contributed by atoms with Crippen LogP contribution in [0.4, 0.5) is 17.6 Å². The molecule has 0 saturated carbocycles. The molecule has 5 heterocycles. The minimum Gasteiger partial charge on any atom is -0.363 e. The van der Waals surface area contributed by atoms with Crippen molar-refractivity contribution in [3.8, 4) is 0 Å². The number of nitrogens with zero attached hydrogens (tertiary/aromatic N) is 7. The van der Waals surface area contributed by atoms with Crippen LogP contribution in [0.2, 0.25) is 0 Å². The number of aromatic nitrogens is 5. The Kier molecular flexibility index (Phi) is 5.82. The topological polar surface area (TPSA) is 140 Å². The number of pyridine rings is 1. The normalized spacial score (nSPS) is 17.9. The summed E-state index contributed by atoms with van der Waals surface area (Å²) < 4.78 is 7.85. The molecule has 2 N–H and O–H groups in total. The number of anilines is 3. The molecule has 0 unspecified atom stereocenters. The van der Waals surface area contributed by atoms with E-state index in [4.69, 9.17) is 4.74 Å². The first kappa shape index (κ1) is 22.1. The lowest BCUT2D eigenvalue weighted by molar-refractivity contribution is -0.146. The van der Waals surface area contributed by atoms with Gasteiger partial charge in [-0.15, -0.1) is 0 Å². The van der Waals surface area contributed by atoms with Crippen molar-refractivity contribution in [2.45, 2.75) is 44.9 Å². The van der Waals surface area contributed by atoms with Gasteiger partial charge in [0.25, 0.3) is 0 Å². The Morgan fingerprint density at radius 2 is 2.06 bits per heavy atom. The average Bonchev–Trinajstić information content (AvgIpc) is 3.20. The van der Waals surface area contributed by atoms with Gasteiger partial charge in [0, 0.05) is 37.9 Å². The SMILES string of the molecule is CC(C)n1c(CN=O)nc2cnc(Nc3ccnc(N4CCC5(CC4)CNC(=O)CO5)n3)cc21. The third-order valence-electron chi connectivity index (χ3n) is 6.34. The highest BCUT2D eigenvalue weighted by atomic mass is 16.5. The molecule has 1 spiro atoms. The molecule has 0 aliphatic carbocycles. The lowest BCUT2D eigenvalue weighted by atomic mass is 9.90. The number of fused-ring (bicyclic) bond motifs is 1. The van der Waals surface area contributed by atoms with E-state index in [0.717, 1.165) is 31.4 Å². The van der Waals surface area contributed by atoms with Gasteiger partial charge in [0.05, 0.1) is 17.3 Å². The van der Waals surface area contributed by atoms with Crippen molar-refractivity contribution < 1.29 is 9.53 Å². The van der Waals surface area contributed by atoms with Crippen molar-refractivity contribution in [2.24, 2.45) is 5.18 Å². The van der Waals surface area contributed by atoms with Crippen LogP contribution in [0.15, 0.2) is 29.7 Å². The molecule has 0 atom stereocenters. The summed E-state index contributed by atoms with van der Waals surface area (Å²) in [6.45, 7) is 6.24. The van der Waals surface area contributed by atoms with Gasteiger partial charge >= 0.3 is 0 Å². The first-order chi connectivity index (χ1) is 16.5. The second-order valence-corrected chi connectivity index (χ2v) is 8.94. The van der Waals surface area contributed by atoms with Gasteiger partial charge in [-0.2, -0.15) is 9.89 Å². The van der Waals surface area contributed by atoms with Crippen LogP contribution in [-0.4, -0.2) is 62.3 Å². The van der Waals surface area contributed by atoms with E-state index in [9.17, 15) is 9.70 Å². The summed E-state index contributed by atoms with van der Waals surface area (Å²) in [5, 5.41) is 9.17. The zero-order valence-electron chi connectivity index (χ0n) is 19.2. The highest BCUT2D eigenvalue weighted by Crippen LogP contribution is 2.30. The first-order valence-electron chi connectivity index (χ1n) is 11.4. The second-order valence-electron chi connectivity index (χ2n) is 8.94. The summed E-state index contributed by atoms with van der Waals surface area (Å²) >= 11 is 0. The molecule has 2 saturated heterocycles. The number of hydrogen-bond acceptors (Lipinski definition) is 10. The van der Waals surface area contributed by atoms with Gasteiger partial charge in [0.15, 0.2) is 0 Å². The minimum absolute atomic E-state index is 0.0133. The van der Waals surface area contributed by atoms with E-state index in [1.165, 1.54) is 0 Å². The van der Waals surface area contributed by atoms with Crippen LogP contribution in [0, 0.1) is 4.91 Å². The molecule has 2 fully saturated rings. The van der Waals surface area contributed by atoms with Crippen molar-refractivity contribution in [1.29, 1.82) is 0 Å². The molecular formula is C22H27N9O3. The quantitative estimate of drug-likeness (QED) is 0.525. The van der Waals surface area contributed by atoms with Crippen molar-refractivity contribution in [2.75, 3.05) is 36.5 Å². The monoisotopic (exact) mass is 465 g/mol. The summed E-state index contributed by atoms with van der Waals surface area (Å²) in [6.07, 6.45) is 4.99. The predicted octanol–water partition coefficient (Wildman–Crippen LogP) is 2.30. The third kappa shape index (κ3) is 4.28. The zero-order valence-corrected chi connectivity index (χ0v) is 19.2. The standard InChI is InChI=1S/C22H27N9O3/c1-14(2)31-16-9-18(24-10-15(16)27-19(31)11-26-33)28-17-3-6-23-21(29-17)30-7-4-22(5-8-30)13-25-20(32)12-34-22/h3,6,9-10,14H,4-5,7-8,11-13H2,1-2H3,(H,25,32)(H,23,24,28,29). The van der Waals surface area contributed by atoms with Gasteiger partial charge in [-0.3, -0.25) is 4.79 Å². The molecule has 0 bridgehead atoms. The molecule has 5 rings (SSSR count). The number of piperidine rings is 1. The lowest BCUT2D eigenvalue weighted by Gasteiger charge is -2.43. The molecule has 0 aromatic carbocycles. The van der Waals surface area contributed by atoms with E-state index in [1.807, 2.05) is 24.5 Å². The van der Waals surface area contributed by atoms with Crippen LogP contribution in [0.5, 0.6) is 0 Å². The fraction of sp³-hybridized carbons (Fsp3) is 0.500. The van der Waals surface area contributed by atoms with E-state index >= 15 is 0 Å². The fourth-order valence-corrected chi connectivity index (χ4v) is 4.58. The van der Waals surface area contributed by atoms with Crippen LogP contribution in [0.3, 0.4) is 0 Å². The average molecular weight is 466 g/mol. The number of imidazole rings is 1. The Bertz CT molecular complexity index is 1210. The molecule has 0 radical (unpaired) electrons. The molecule has 3 aromatic rings. The number of ether oxygens (including phenoxy) is 1. The van der Waals surface area contributed by atoms with E-state index in [1.54, 1.807) is 18.5 Å². The largest absolute Gasteiger partial charge is 0.363 e. The van der Waals surface area contributed by atoms with Gasteiger partial charge in [-0.25, -0.2) is 15.0 Å². The summed E-state index contributed by atoms with van der Waals surface area (Å²) in [5.41, 5.74) is 1.29. The first-order valence-corrected chi connectivity index (χ1v) is 11.4. The van der Waals surface area contributed by atoms with E-state index < -0.39 is 0 Å². The number of carbonyl (C=O) groups excluding carboxylic acids is 1. The smallest absolute Gasteiger partial charge is 0.246 e. The van der Waals surface area contributed by atoms with E-state index in [0.29, 0.717) is 35.5 Å². The maximum atomic E-state index is 11.4. The molecule has 2 aliphatic rings. The highest BCUT2D eigenvalue weighted by Gasteiger charge is 2.39. The summed E-state index contributed by atoms with van der Waals surface area (Å²) in [7, 11) is 0. The van der Waals surface area contributed by atoms with Crippen molar-refractivity contribution in [1.82, 2.24) is 29.8 Å². The lowest BCUT2D eigenvalue weighted by Crippen LogP contribution is -2.57.